The lowest BCUT2D eigenvalue weighted by Crippen LogP contribution is -2.12. The van der Waals surface area contributed by atoms with Crippen LogP contribution in [-0.2, 0) is 6.54 Å². The fraction of sp³-hybridized carbons (Fsp3) is 0.190. The highest BCUT2D eigenvalue weighted by molar-refractivity contribution is 6.04. The number of hydrogen-bond donors (Lipinski definition) is 1. The van der Waals surface area contributed by atoms with Crippen LogP contribution in [0.3, 0.4) is 0 Å². The summed E-state index contributed by atoms with van der Waals surface area (Å²) in [6, 6.07) is 15.6. The summed E-state index contributed by atoms with van der Waals surface area (Å²) in [5.41, 5.74) is 2.74. The summed E-state index contributed by atoms with van der Waals surface area (Å²) < 4.78 is 6.81. The zero-order chi connectivity index (χ0) is 21.7. The molecular formula is C21H19N5O4. The standard InChI is InChI=1S/C21H19N5O4/c1-14-20(26(28)29)15(2)25(24-14)13-16-6-8-17(9-7-16)21(27)23-18-4-3-5-19(12-18)30-11-10-22/h3-9,12H,11,13H2,1-2H3,(H,23,27). The monoisotopic (exact) mass is 405 g/mol. The van der Waals surface area contributed by atoms with Crippen LogP contribution in [0.5, 0.6) is 5.75 Å². The van der Waals surface area contributed by atoms with E-state index in [1.807, 2.05) is 6.07 Å². The van der Waals surface area contributed by atoms with Gasteiger partial charge in [0.15, 0.2) is 6.61 Å². The molecule has 2 aromatic carbocycles. The fourth-order valence-electron chi connectivity index (χ4n) is 3.02. The van der Waals surface area contributed by atoms with Gasteiger partial charge in [-0.3, -0.25) is 19.6 Å². The normalized spacial score (nSPS) is 10.3. The van der Waals surface area contributed by atoms with Crippen LogP contribution in [0, 0.1) is 35.3 Å². The zero-order valence-corrected chi connectivity index (χ0v) is 16.5. The van der Waals surface area contributed by atoms with Gasteiger partial charge in [0.25, 0.3) is 5.91 Å². The van der Waals surface area contributed by atoms with Crippen LogP contribution in [0.1, 0.15) is 27.3 Å². The first-order chi connectivity index (χ1) is 14.4. The molecule has 3 aromatic rings. The lowest BCUT2D eigenvalue weighted by atomic mass is 10.1. The van der Waals surface area contributed by atoms with Gasteiger partial charge in [-0.1, -0.05) is 18.2 Å². The maximum Gasteiger partial charge on any atom is 0.312 e. The molecule has 0 bridgehead atoms. The number of nitro groups is 1. The van der Waals surface area contributed by atoms with Gasteiger partial charge in [-0.25, -0.2) is 0 Å². The Morgan fingerprint density at radius 1 is 1.27 bits per heavy atom. The Bertz CT molecular complexity index is 1130. The lowest BCUT2D eigenvalue weighted by molar-refractivity contribution is -0.386. The second-order valence-corrected chi connectivity index (χ2v) is 6.56. The van der Waals surface area contributed by atoms with Gasteiger partial charge in [0.1, 0.15) is 23.2 Å². The predicted molar refractivity (Wildman–Crippen MR) is 109 cm³/mol. The molecule has 1 N–H and O–H groups in total. The first-order valence-corrected chi connectivity index (χ1v) is 9.07. The highest BCUT2D eigenvalue weighted by atomic mass is 16.6. The predicted octanol–water partition coefficient (Wildman–Crippen LogP) is 3.61. The van der Waals surface area contributed by atoms with E-state index in [1.54, 1.807) is 67.1 Å². The van der Waals surface area contributed by atoms with Crippen molar-refractivity contribution in [3.63, 3.8) is 0 Å². The molecule has 0 radical (unpaired) electrons. The summed E-state index contributed by atoms with van der Waals surface area (Å²) in [7, 11) is 0. The van der Waals surface area contributed by atoms with Crippen LogP contribution in [-0.4, -0.2) is 27.2 Å². The van der Waals surface area contributed by atoms with Gasteiger partial charge < -0.3 is 10.1 Å². The molecule has 0 aliphatic carbocycles. The average Bonchev–Trinajstić information content (AvgIpc) is 3.00. The minimum Gasteiger partial charge on any atom is -0.479 e. The largest absolute Gasteiger partial charge is 0.479 e. The molecule has 0 atom stereocenters. The molecule has 30 heavy (non-hydrogen) atoms. The van der Waals surface area contributed by atoms with E-state index in [9.17, 15) is 14.9 Å². The third kappa shape index (κ3) is 4.62. The van der Waals surface area contributed by atoms with E-state index in [0.717, 1.165) is 5.56 Å². The van der Waals surface area contributed by atoms with Crippen LogP contribution in [0.15, 0.2) is 48.5 Å². The number of rotatable bonds is 7. The van der Waals surface area contributed by atoms with Gasteiger partial charge >= 0.3 is 5.69 Å². The maximum absolute atomic E-state index is 12.5. The molecule has 0 unspecified atom stereocenters. The summed E-state index contributed by atoms with van der Waals surface area (Å²) in [5.74, 6) is 0.199. The summed E-state index contributed by atoms with van der Waals surface area (Å²) in [5, 5.41) is 26.7. The van der Waals surface area contributed by atoms with E-state index in [-0.39, 0.29) is 18.2 Å². The van der Waals surface area contributed by atoms with Crippen molar-refractivity contribution in [2.24, 2.45) is 0 Å². The number of carbonyl (C=O) groups excluding carboxylic acids is 1. The highest BCUT2D eigenvalue weighted by Crippen LogP contribution is 2.23. The average molecular weight is 405 g/mol. The number of aromatic nitrogens is 2. The van der Waals surface area contributed by atoms with E-state index < -0.39 is 4.92 Å². The maximum atomic E-state index is 12.5. The molecule has 3 rings (SSSR count). The molecule has 0 saturated carbocycles. The van der Waals surface area contributed by atoms with E-state index >= 15 is 0 Å². The number of aryl methyl sites for hydroxylation is 1. The number of anilines is 1. The van der Waals surface area contributed by atoms with Crippen LogP contribution in [0.25, 0.3) is 0 Å². The first-order valence-electron chi connectivity index (χ1n) is 9.07. The topological polar surface area (TPSA) is 123 Å². The molecule has 0 aliphatic rings. The van der Waals surface area contributed by atoms with Gasteiger partial charge in [0, 0.05) is 17.3 Å². The molecule has 1 amide bonds. The molecule has 1 heterocycles. The van der Waals surface area contributed by atoms with Crippen molar-refractivity contribution in [2.45, 2.75) is 20.4 Å². The molecule has 152 valence electrons. The molecular weight excluding hydrogens is 386 g/mol. The first kappa shape index (κ1) is 20.5. The number of nitrogens with zero attached hydrogens (tertiary/aromatic N) is 4. The molecule has 9 nitrogen and oxygen atoms in total. The summed E-state index contributed by atoms with van der Waals surface area (Å²) in [6.07, 6.45) is 0. The molecule has 0 saturated heterocycles. The van der Waals surface area contributed by atoms with Crippen molar-refractivity contribution in [1.29, 1.82) is 5.26 Å². The van der Waals surface area contributed by atoms with Crippen LogP contribution >= 0.6 is 0 Å². The van der Waals surface area contributed by atoms with E-state index in [4.69, 9.17) is 10.00 Å². The van der Waals surface area contributed by atoms with Crippen molar-refractivity contribution in [3.8, 4) is 11.8 Å². The van der Waals surface area contributed by atoms with Crippen molar-refractivity contribution < 1.29 is 14.5 Å². The summed E-state index contributed by atoms with van der Waals surface area (Å²) >= 11 is 0. The smallest absolute Gasteiger partial charge is 0.312 e. The SMILES string of the molecule is Cc1nn(Cc2ccc(C(=O)Nc3cccc(OCC#N)c3)cc2)c(C)c1[N+](=O)[O-]. The third-order valence-corrected chi connectivity index (χ3v) is 4.47. The van der Waals surface area contributed by atoms with E-state index in [1.165, 1.54) is 0 Å². The Morgan fingerprint density at radius 3 is 2.63 bits per heavy atom. The molecule has 0 aliphatic heterocycles. The van der Waals surface area contributed by atoms with Gasteiger partial charge in [0.2, 0.25) is 0 Å². The lowest BCUT2D eigenvalue weighted by Gasteiger charge is -2.09. The van der Waals surface area contributed by atoms with E-state index in [2.05, 4.69) is 10.4 Å². The molecule has 1 aromatic heterocycles. The Hall–Kier alpha value is -4.19. The van der Waals surface area contributed by atoms with Crippen molar-refractivity contribution >= 4 is 17.3 Å². The Kier molecular flexibility index (Phi) is 6.08. The number of carbonyl (C=O) groups is 1. The van der Waals surface area contributed by atoms with Crippen LogP contribution < -0.4 is 10.1 Å². The number of nitriles is 1. The summed E-state index contributed by atoms with van der Waals surface area (Å²) in [6.45, 7) is 3.56. The fourth-order valence-corrected chi connectivity index (χ4v) is 3.02. The second-order valence-electron chi connectivity index (χ2n) is 6.56. The highest BCUT2D eigenvalue weighted by Gasteiger charge is 2.21. The van der Waals surface area contributed by atoms with Crippen molar-refractivity contribution in [3.05, 3.63) is 81.2 Å². The van der Waals surface area contributed by atoms with Gasteiger partial charge in [-0.05, 0) is 43.7 Å². The van der Waals surface area contributed by atoms with Crippen molar-refractivity contribution in [2.75, 3.05) is 11.9 Å². The minimum atomic E-state index is -0.429. The van der Waals surface area contributed by atoms with Gasteiger partial charge in [-0.2, -0.15) is 10.4 Å². The third-order valence-electron chi connectivity index (χ3n) is 4.47. The quantitative estimate of drug-likeness (QED) is 0.473. The van der Waals surface area contributed by atoms with Crippen LogP contribution in [0.2, 0.25) is 0 Å². The number of hydrogen-bond acceptors (Lipinski definition) is 6. The van der Waals surface area contributed by atoms with Crippen molar-refractivity contribution in [1.82, 2.24) is 9.78 Å². The number of benzene rings is 2. The zero-order valence-electron chi connectivity index (χ0n) is 16.5. The van der Waals surface area contributed by atoms with Gasteiger partial charge in [-0.15, -0.1) is 0 Å². The summed E-state index contributed by atoms with van der Waals surface area (Å²) in [4.78, 5) is 23.2. The Morgan fingerprint density at radius 2 is 2.00 bits per heavy atom. The molecule has 0 fully saturated rings. The van der Waals surface area contributed by atoms with Gasteiger partial charge in [0.05, 0.1) is 11.5 Å². The van der Waals surface area contributed by atoms with Crippen LogP contribution in [0.4, 0.5) is 11.4 Å². The number of ether oxygens (including phenoxy) is 1. The number of amides is 1. The van der Waals surface area contributed by atoms with E-state index in [0.29, 0.717) is 34.9 Å². The Balaban J connectivity index is 1.69. The minimum absolute atomic E-state index is 0.0203. The molecule has 0 spiro atoms. The Labute approximate surface area is 172 Å². The second kappa shape index (κ2) is 8.87. The molecule has 9 heteroatoms. The number of nitrogens with one attached hydrogen (secondary N) is 1.